The van der Waals surface area contributed by atoms with Crippen LogP contribution in [0.1, 0.15) is 29.0 Å². The molecule has 1 unspecified atom stereocenters. The number of hydrogen-bond acceptors (Lipinski definition) is 5. The highest BCUT2D eigenvalue weighted by atomic mass is 32.2. The summed E-state index contributed by atoms with van der Waals surface area (Å²) >= 11 is 1.49. The number of carbonyl (C=O) groups is 1. The first-order chi connectivity index (χ1) is 15.9. The van der Waals surface area contributed by atoms with Crippen LogP contribution in [0.15, 0.2) is 64.5 Å². The molecular weight excluding hydrogens is 439 g/mol. The average Bonchev–Trinajstić information content (AvgIpc) is 2.82. The molecule has 0 spiro atoms. The molecular formula is C25H27FN4O2S. The standard InChI is InChI=1S/C25H27FN4O2S/c1-17-22(24(32)28-25(27-17)33-18(2)19-6-4-3-5-7-19)16-23(31)30-14-12-29(13-15-30)21-10-8-20(26)9-11-21/h3-11,18H,12-16H2,1-2H3,(H,27,28,32). The molecule has 0 saturated carbocycles. The molecule has 8 heteroatoms. The first-order valence-electron chi connectivity index (χ1n) is 11.0. The number of amides is 1. The van der Waals surface area contributed by atoms with Gasteiger partial charge in [0.05, 0.1) is 6.42 Å². The molecule has 1 aliphatic rings. The molecule has 3 aromatic rings. The number of halogens is 1. The molecule has 1 fully saturated rings. The number of benzene rings is 2. The summed E-state index contributed by atoms with van der Waals surface area (Å²) in [7, 11) is 0. The first-order valence-corrected chi connectivity index (χ1v) is 11.9. The molecule has 33 heavy (non-hydrogen) atoms. The molecule has 2 heterocycles. The van der Waals surface area contributed by atoms with E-state index in [1.54, 1.807) is 24.0 Å². The molecule has 4 rings (SSSR count). The highest BCUT2D eigenvalue weighted by Gasteiger charge is 2.23. The number of thioether (sulfide) groups is 1. The van der Waals surface area contributed by atoms with Crippen LogP contribution < -0.4 is 10.5 Å². The van der Waals surface area contributed by atoms with E-state index < -0.39 is 0 Å². The van der Waals surface area contributed by atoms with Gasteiger partial charge < -0.3 is 14.8 Å². The van der Waals surface area contributed by atoms with Crippen LogP contribution in [0.5, 0.6) is 0 Å². The Kier molecular flexibility index (Phi) is 7.13. The largest absolute Gasteiger partial charge is 0.368 e. The maximum Gasteiger partial charge on any atom is 0.255 e. The Morgan fingerprint density at radius 2 is 1.76 bits per heavy atom. The maximum atomic E-state index is 13.2. The lowest BCUT2D eigenvalue weighted by Crippen LogP contribution is -2.49. The van der Waals surface area contributed by atoms with Crippen LogP contribution in [0.25, 0.3) is 0 Å². The molecule has 1 atom stereocenters. The van der Waals surface area contributed by atoms with Crippen molar-refractivity contribution in [3.05, 3.63) is 87.6 Å². The number of nitrogens with one attached hydrogen (secondary N) is 1. The van der Waals surface area contributed by atoms with Gasteiger partial charge >= 0.3 is 0 Å². The van der Waals surface area contributed by atoms with Crippen molar-refractivity contribution >= 4 is 23.4 Å². The second-order valence-electron chi connectivity index (χ2n) is 8.13. The van der Waals surface area contributed by atoms with E-state index in [-0.39, 0.29) is 29.0 Å². The summed E-state index contributed by atoms with van der Waals surface area (Å²) in [6.45, 7) is 6.29. The number of anilines is 1. The van der Waals surface area contributed by atoms with Crippen LogP contribution in [0.3, 0.4) is 0 Å². The van der Waals surface area contributed by atoms with Crippen LogP contribution >= 0.6 is 11.8 Å². The predicted octanol–water partition coefficient (Wildman–Crippen LogP) is 3.96. The van der Waals surface area contributed by atoms with E-state index in [9.17, 15) is 14.0 Å². The molecule has 6 nitrogen and oxygen atoms in total. The van der Waals surface area contributed by atoms with Crippen LogP contribution in [-0.4, -0.2) is 47.0 Å². The Balaban J connectivity index is 1.37. The molecule has 1 saturated heterocycles. The number of H-pyrrole nitrogens is 1. The molecule has 2 aromatic carbocycles. The lowest BCUT2D eigenvalue weighted by atomic mass is 10.1. The molecule has 0 aliphatic carbocycles. The SMILES string of the molecule is Cc1nc(SC(C)c2ccccc2)[nH]c(=O)c1CC(=O)N1CCN(c2ccc(F)cc2)CC1. The number of hydrogen-bond donors (Lipinski definition) is 1. The lowest BCUT2D eigenvalue weighted by molar-refractivity contribution is -0.130. The van der Waals surface area contributed by atoms with Gasteiger partial charge in [0, 0.05) is 48.4 Å². The van der Waals surface area contributed by atoms with E-state index in [4.69, 9.17) is 0 Å². The Bertz CT molecular complexity index is 1160. The third kappa shape index (κ3) is 5.63. The number of carbonyl (C=O) groups excluding carboxylic acids is 1. The summed E-state index contributed by atoms with van der Waals surface area (Å²) in [4.78, 5) is 36.9. The second-order valence-corrected chi connectivity index (χ2v) is 9.46. The van der Waals surface area contributed by atoms with Gasteiger partial charge in [0.1, 0.15) is 5.82 Å². The monoisotopic (exact) mass is 466 g/mol. The van der Waals surface area contributed by atoms with Gasteiger partial charge in [-0.2, -0.15) is 0 Å². The zero-order valence-corrected chi connectivity index (χ0v) is 19.6. The Hall–Kier alpha value is -3.13. The van der Waals surface area contributed by atoms with Crippen molar-refractivity contribution in [3.63, 3.8) is 0 Å². The molecule has 0 bridgehead atoms. The van der Waals surface area contributed by atoms with Crippen molar-refractivity contribution in [2.24, 2.45) is 0 Å². The van der Waals surface area contributed by atoms with Gasteiger partial charge in [-0.3, -0.25) is 9.59 Å². The first kappa shape index (κ1) is 23.0. The third-order valence-corrected chi connectivity index (χ3v) is 6.95. The van der Waals surface area contributed by atoms with Crippen molar-refractivity contribution in [3.8, 4) is 0 Å². The van der Waals surface area contributed by atoms with E-state index in [0.717, 1.165) is 11.3 Å². The van der Waals surface area contributed by atoms with Crippen molar-refractivity contribution in [1.29, 1.82) is 0 Å². The molecule has 1 aliphatic heterocycles. The Morgan fingerprint density at radius 3 is 2.39 bits per heavy atom. The summed E-state index contributed by atoms with van der Waals surface area (Å²) < 4.78 is 13.2. The highest BCUT2D eigenvalue weighted by molar-refractivity contribution is 7.99. The Morgan fingerprint density at radius 1 is 1.09 bits per heavy atom. The topological polar surface area (TPSA) is 69.3 Å². The fourth-order valence-corrected chi connectivity index (χ4v) is 4.91. The van der Waals surface area contributed by atoms with E-state index in [1.807, 2.05) is 30.3 Å². The maximum absolute atomic E-state index is 13.2. The van der Waals surface area contributed by atoms with Gasteiger partial charge in [-0.15, -0.1) is 0 Å². The van der Waals surface area contributed by atoms with E-state index >= 15 is 0 Å². The molecule has 0 radical (unpaired) electrons. The lowest BCUT2D eigenvalue weighted by Gasteiger charge is -2.36. The summed E-state index contributed by atoms with van der Waals surface area (Å²) in [5, 5.41) is 0.691. The quantitative estimate of drug-likeness (QED) is 0.440. The molecule has 1 amide bonds. The van der Waals surface area contributed by atoms with E-state index in [2.05, 4.69) is 21.8 Å². The van der Waals surface area contributed by atoms with Crippen molar-refractivity contribution in [1.82, 2.24) is 14.9 Å². The average molecular weight is 467 g/mol. The number of piperazine rings is 1. The molecule has 1 aromatic heterocycles. The number of rotatable bonds is 6. The van der Waals surface area contributed by atoms with Crippen molar-refractivity contribution < 1.29 is 9.18 Å². The summed E-state index contributed by atoms with van der Waals surface area (Å²) in [6, 6.07) is 16.4. The van der Waals surface area contributed by atoms with Gasteiger partial charge in [-0.25, -0.2) is 9.37 Å². The summed E-state index contributed by atoms with van der Waals surface area (Å²) in [5.41, 5.74) is 2.83. The van der Waals surface area contributed by atoms with Gasteiger partial charge in [0.2, 0.25) is 5.91 Å². The number of aromatic amines is 1. The van der Waals surface area contributed by atoms with Gasteiger partial charge in [-0.1, -0.05) is 42.1 Å². The molecule has 1 N–H and O–H groups in total. The van der Waals surface area contributed by atoms with E-state index in [0.29, 0.717) is 42.6 Å². The fraction of sp³-hybridized carbons (Fsp3) is 0.320. The minimum atomic E-state index is -0.263. The second kappa shape index (κ2) is 10.2. The van der Waals surface area contributed by atoms with Crippen LogP contribution in [0.2, 0.25) is 0 Å². The zero-order valence-electron chi connectivity index (χ0n) is 18.8. The number of nitrogens with zero attached hydrogens (tertiary/aromatic N) is 3. The van der Waals surface area contributed by atoms with E-state index in [1.165, 1.54) is 23.9 Å². The van der Waals surface area contributed by atoms with Crippen molar-refractivity contribution in [2.75, 3.05) is 31.1 Å². The normalized spacial score (nSPS) is 14.9. The zero-order chi connectivity index (χ0) is 23.4. The molecule has 172 valence electrons. The van der Waals surface area contributed by atoms with Gasteiger partial charge in [0.25, 0.3) is 5.56 Å². The predicted molar refractivity (Wildman–Crippen MR) is 129 cm³/mol. The van der Waals surface area contributed by atoms with Crippen LogP contribution in [0, 0.1) is 12.7 Å². The smallest absolute Gasteiger partial charge is 0.255 e. The summed E-state index contributed by atoms with van der Waals surface area (Å²) in [5.74, 6) is -0.345. The Labute approximate surface area is 196 Å². The van der Waals surface area contributed by atoms with Crippen LogP contribution in [-0.2, 0) is 11.2 Å². The summed E-state index contributed by atoms with van der Waals surface area (Å²) in [6.07, 6.45) is 0.0316. The fourth-order valence-electron chi connectivity index (χ4n) is 3.94. The highest BCUT2D eigenvalue weighted by Crippen LogP contribution is 2.32. The number of aromatic nitrogens is 2. The third-order valence-electron chi connectivity index (χ3n) is 5.91. The van der Waals surface area contributed by atoms with Gasteiger partial charge in [-0.05, 0) is 43.7 Å². The minimum Gasteiger partial charge on any atom is -0.368 e. The van der Waals surface area contributed by atoms with Gasteiger partial charge in [0.15, 0.2) is 5.16 Å². The van der Waals surface area contributed by atoms with Crippen LogP contribution in [0.4, 0.5) is 10.1 Å². The minimum absolute atomic E-state index is 0.0316. The van der Waals surface area contributed by atoms with Crippen molar-refractivity contribution in [2.45, 2.75) is 30.7 Å². The number of aryl methyl sites for hydroxylation is 1.